The van der Waals surface area contributed by atoms with Crippen LogP contribution in [-0.2, 0) is 15.8 Å². The number of aliphatic hydroxyl groups excluding tert-OH is 1. The quantitative estimate of drug-likeness (QED) is 0.497. The Bertz CT molecular complexity index is 1160. The molecule has 1 fully saturated rings. The van der Waals surface area contributed by atoms with Crippen molar-refractivity contribution in [1.82, 2.24) is 5.32 Å². The van der Waals surface area contributed by atoms with Gasteiger partial charge in [-0.25, -0.2) is 4.99 Å². The van der Waals surface area contributed by atoms with Gasteiger partial charge in [0, 0.05) is 18.2 Å². The highest BCUT2D eigenvalue weighted by Crippen LogP contribution is 2.37. The van der Waals surface area contributed by atoms with Crippen molar-refractivity contribution in [2.24, 2.45) is 16.8 Å². The molecule has 1 aliphatic heterocycles. The van der Waals surface area contributed by atoms with Crippen LogP contribution in [0.15, 0.2) is 53.5 Å². The summed E-state index contributed by atoms with van der Waals surface area (Å²) in [5.41, 5.74) is 0.992. The first-order valence-electron chi connectivity index (χ1n) is 12.7. The van der Waals surface area contributed by atoms with Gasteiger partial charge in [0.05, 0.1) is 29.0 Å². The van der Waals surface area contributed by atoms with Crippen molar-refractivity contribution in [3.05, 3.63) is 65.2 Å². The largest absolute Gasteiger partial charge is 0.416 e. The van der Waals surface area contributed by atoms with Crippen molar-refractivity contribution in [3.63, 3.8) is 0 Å². The lowest BCUT2D eigenvalue weighted by Crippen LogP contribution is -2.49. The zero-order valence-corrected chi connectivity index (χ0v) is 21.0. The molecule has 0 saturated heterocycles. The number of benzodiazepines with no additional fused rings is 1. The Hall–Kier alpha value is -3.20. The number of nitrogens with zero attached hydrogens (tertiary/aromatic N) is 2. The van der Waals surface area contributed by atoms with E-state index in [4.69, 9.17) is 0 Å². The van der Waals surface area contributed by atoms with Crippen LogP contribution < -0.4 is 10.2 Å². The SMILES string of the molecule is CCCC[C@H](O)[C@H](CC1CC1)C(=O)N[C@H]1N=C(c2ccc(C(F)(F)F)cc2)c2ccccc2N(C)C1=O. The van der Waals surface area contributed by atoms with Crippen molar-refractivity contribution in [3.8, 4) is 0 Å². The fourth-order valence-corrected chi connectivity index (χ4v) is 4.67. The minimum atomic E-state index is -4.48. The number of carbonyl (C=O) groups excluding carboxylic acids is 2. The minimum Gasteiger partial charge on any atom is -0.392 e. The van der Waals surface area contributed by atoms with Crippen LogP contribution in [0.25, 0.3) is 0 Å². The van der Waals surface area contributed by atoms with Crippen molar-refractivity contribution >= 4 is 23.2 Å². The minimum absolute atomic E-state index is 0.303. The normalized spacial score (nSPS) is 19.5. The number of hydrogen-bond acceptors (Lipinski definition) is 4. The van der Waals surface area contributed by atoms with Crippen LogP contribution in [-0.4, -0.2) is 41.9 Å². The summed E-state index contributed by atoms with van der Waals surface area (Å²) in [5.74, 6) is -1.19. The van der Waals surface area contributed by atoms with Crippen molar-refractivity contribution in [1.29, 1.82) is 0 Å². The second kappa shape index (κ2) is 11.0. The Kier molecular flexibility index (Phi) is 8.02. The molecule has 37 heavy (non-hydrogen) atoms. The molecule has 0 unspecified atom stereocenters. The first kappa shape index (κ1) is 26.9. The fourth-order valence-electron chi connectivity index (χ4n) is 4.67. The molecular weight excluding hydrogens is 483 g/mol. The summed E-state index contributed by atoms with van der Waals surface area (Å²) in [6.45, 7) is 2.01. The summed E-state index contributed by atoms with van der Waals surface area (Å²) in [6.07, 6.45) is -1.86. The lowest BCUT2D eigenvalue weighted by atomic mass is 9.91. The molecule has 198 valence electrons. The van der Waals surface area contributed by atoms with Crippen LogP contribution >= 0.6 is 0 Å². The van der Waals surface area contributed by atoms with Crippen LogP contribution in [0, 0.1) is 11.8 Å². The topological polar surface area (TPSA) is 82.0 Å². The monoisotopic (exact) mass is 515 g/mol. The number of para-hydroxylation sites is 1. The van der Waals surface area contributed by atoms with E-state index in [1.54, 1.807) is 31.3 Å². The molecule has 2 aromatic rings. The number of likely N-dealkylation sites (N-methyl/N-ethyl adjacent to an activating group) is 1. The zero-order chi connectivity index (χ0) is 26.7. The zero-order valence-electron chi connectivity index (χ0n) is 21.0. The molecule has 2 aliphatic rings. The lowest BCUT2D eigenvalue weighted by Gasteiger charge is -2.25. The van der Waals surface area contributed by atoms with E-state index in [1.807, 2.05) is 6.92 Å². The number of nitrogens with one attached hydrogen (secondary N) is 1. The van der Waals surface area contributed by atoms with Gasteiger partial charge in [-0.3, -0.25) is 9.59 Å². The maximum atomic E-state index is 13.4. The summed E-state index contributed by atoms with van der Waals surface area (Å²) in [5, 5.41) is 13.5. The average molecular weight is 516 g/mol. The molecule has 9 heteroatoms. The molecule has 4 rings (SSSR count). The third kappa shape index (κ3) is 6.21. The van der Waals surface area contributed by atoms with E-state index in [1.165, 1.54) is 17.0 Å². The average Bonchev–Trinajstić information content (AvgIpc) is 3.71. The van der Waals surface area contributed by atoms with Gasteiger partial charge in [0.2, 0.25) is 12.1 Å². The Morgan fingerprint density at radius 3 is 2.46 bits per heavy atom. The van der Waals surface area contributed by atoms with Gasteiger partial charge in [0.25, 0.3) is 5.91 Å². The molecule has 0 spiro atoms. The number of rotatable bonds is 9. The van der Waals surface area contributed by atoms with Gasteiger partial charge < -0.3 is 15.3 Å². The predicted molar refractivity (Wildman–Crippen MR) is 135 cm³/mol. The summed E-state index contributed by atoms with van der Waals surface area (Å²) in [6, 6.07) is 11.5. The van der Waals surface area contributed by atoms with Crippen LogP contribution in [0.2, 0.25) is 0 Å². The standard InChI is InChI=1S/C28H32F3N3O3/c1-3-4-9-23(35)21(16-17-10-11-17)26(36)33-25-27(37)34(2)22-8-6-5-7-20(22)24(32-25)18-12-14-19(15-13-18)28(29,30)31/h5-8,12-15,17,21,23,25,35H,3-4,9-11,16H2,1-2H3,(H,33,36)/t21-,23-,25+/m0/s1. The fraction of sp³-hybridized carbons (Fsp3) is 0.464. The molecular formula is C28H32F3N3O3. The number of fused-ring (bicyclic) bond motifs is 1. The van der Waals surface area contributed by atoms with Gasteiger partial charge in [0.1, 0.15) is 0 Å². The van der Waals surface area contributed by atoms with Gasteiger partial charge >= 0.3 is 6.18 Å². The first-order valence-corrected chi connectivity index (χ1v) is 12.7. The number of alkyl halides is 3. The molecule has 0 aromatic heterocycles. The smallest absolute Gasteiger partial charge is 0.392 e. The molecule has 0 bridgehead atoms. The molecule has 1 heterocycles. The molecule has 2 amide bonds. The van der Waals surface area contributed by atoms with Gasteiger partial charge in [-0.1, -0.05) is 62.9 Å². The number of aliphatic imine (C=N–C) groups is 1. The van der Waals surface area contributed by atoms with Gasteiger partial charge in [0.15, 0.2) is 0 Å². The molecule has 0 radical (unpaired) electrons. The lowest BCUT2D eigenvalue weighted by molar-refractivity contribution is -0.137. The highest BCUT2D eigenvalue weighted by molar-refractivity contribution is 6.20. The van der Waals surface area contributed by atoms with Crippen LogP contribution in [0.1, 0.15) is 62.1 Å². The third-order valence-electron chi connectivity index (χ3n) is 7.05. The second-order valence-corrected chi connectivity index (χ2v) is 9.87. The summed E-state index contributed by atoms with van der Waals surface area (Å²) < 4.78 is 39.4. The maximum Gasteiger partial charge on any atom is 0.416 e. The first-order chi connectivity index (χ1) is 17.6. The summed E-state index contributed by atoms with van der Waals surface area (Å²) in [7, 11) is 1.57. The van der Waals surface area contributed by atoms with Crippen LogP contribution in [0.4, 0.5) is 18.9 Å². The number of aliphatic hydroxyl groups is 1. The highest BCUT2D eigenvalue weighted by atomic mass is 19.4. The highest BCUT2D eigenvalue weighted by Gasteiger charge is 2.37. The van der Waals surface area contributed by atoms with Gasteiger partial charge in [-0.05, 0) is 37.0 Å². The van der Waals surface area contributed by atoms with E-state index in [9.17, 15) is 27.9 Å². The number of hydrogen-bond donors (Lipinski definition) is 2. The number of carbonyl (C=O) groups is 2. The van der Waals surface area contributed by atoms with Gasteiger partial charge in [-0.15, -0.1) is 0 Å². The second-order valence-electron chi connectivity index (χ2n) is 9.87. The number of anilines is 1. The van der Waals surface area contributed by atoms with Crippen molar-refractivity contribution in [2.45, 2.75) is 63.9 Å². The number of amides is 2. The number of unbranched alkanes of at least 4 members (excludes halogenated alkanes) is 1. The van der Waals surface area contributed by atoms with E-state index >= 15 is 0 Å². The van der Waals surface area contributed by atoms with E-state index in [-0.39, 0.29) is 0 Å². The van der Waals surface area contributed by atoms with Crippen molar-refractivity contribution in [2.75, 3.05) is 11.9 Å². The number of benzene rings is 2. The number of halogens is 3. The predicted octanol–water partition coefficient (Wildman–Crippen LogP) is 4.93. The van der Waals surface area contributed by atoms with E-state index in [2.05, 4.69) is 10.3 Å². The summed E-state index contributed by atoms with van der Waals surface area (Å²) >= 11 is 0. The van der Waals surface area contributed by atoms with E-state index < -0.39 is 41.7 Å². The Labute approximate surface area is 214 Å². The van der Waals surface area contributed by atoms with E-state index in [0.29, 0.717) is 41.3 Å². The Morgan fingerprint density at radius 2 is 1.84 bits per heavy atom. The summed E-state index contributed by atoms with van der Waals surface area (Å²) in [4.78, 5) is 32.7. The third-order valence-corrected chi connectivity index (χ3v) is 7.05. The van der Waals surface area contributed by atoms with Crippen molar-refractivity contribution < 1.29 is 27.9 Å². The molecule has 2 aromatic carbocycles. The van der Waals surface area contributed by atoms with E-state index in [0.717, 1.165) is 37.8 Å². The molecule has 6 nitrogen and oxygen atoms in total. The molecule has 1 saturated carbocycles. The molecule has 2 N–H and O–H groups in total. The molecule has 3 atom stereocenters. The Morgan fingerprint density at radius 1 is 1.16 bits per heavy atom. The Balaban J connectivity index is 1.68. The van der Waals surface area contributed by atoms with Crippen LogP contribution in [0.3, 0.4) is 0 Å². The van der Waals surface area contributed by atoms with Crippen LogP contribution in [0.5, 0.6) is 0 Å². The molecule has 1 aliphatic carbocycles. The maximum absolute atomic E-state index is 13.4. The van der Waals surface area contributed by atoms with Gasteiger partial charge in [-0.2, -0.15) is 13.2 Å².